The highest BCUT2D eigenvalue weighted by Crippen LogP contribution is 2.27. The molecule has 4 nitrogen and oxygen atoms in total. The van der Waals surface area contributed by atoms with Crippen LogP contribution in [0.2, 0.25) is 0 Å². The van der Waals surface area contributed by atoms with Gasteiger partial charge in [0.25, 0.3) is 0 Å². The molecule has 0 saturated heterocycles. The van der Waals surface area contributed by atoms with E-state index in [-0.39, 0.29) is 5.97 Å². The van der Waals surface area contributed by atoms with Crippen molar-refractivity contribution < 1.29 is 14.3 Å². The normalized spacial score (nSPS) is 9.69. The molecular formula is C11H14BrNO3. The predicted molar refractivity (Wildman–Crippen MR) is 65.8 cm³/mol. The summed E-state index contributed by atoms with van der Waals surface area (Å²) < 4.78 is 10.7. The highest BCUT2D eigenvalue weighted by atomic mass is 79.9. The van der Waals surface area contributed by atoms with Gasteiger partial charge >= 0.3 is 5.97 Å². The van der Waals surface area contributed by atoms with Crippen molar-refractivity contribution in [3.8, 4) is 5.75 Å². The van der Waals surface area contributed by atoms with Crippen LogP contribution in [0, 0.1) is 0 Å². The zero-order valence-corrected chi connectivity index (χ0v) is 10.8. The third kappa shape index (κ3) is 3.73. The first kappa shape index (κ1) is 12.8. The molecule has 0 spiro atoms. The van der Waals surface area contributed by atoms with Crippen LogP contribution < -0.4 is 10.1 Å². The Kier molecular flexibility index (Phi) is 5.11. The molecule has 0 fully saturated rings. The number of esters is 1. The van der Waals surface area contributed by atoms with Gasteiger partial charge in [-0.3, -0.25) is 4.79 Å². The number of ether oxygens (including phenoxy) is 2. The monoisotopic (exact) mass is 287 g/mol. The van der Waals surface area contributed by atoms with E-state index < -0.39 is 0 Å². The van der Waals surface area contributed by atoms with Crippen molar-refractivity contribution in [2.45, 2.75) is 6.42 Å². The van der Waals surface area contributed by atoms with Gasteiger partial charge in [-0.15, -0.1) is 0 Å². The Morgan fingerprint density at radius 2 is 2.19 bits per heavy atom. The van der Waals surface area contributed by atoms with Gasteiger partial charge in [0.2, 0.25) is 0 Å². The molecule has 1 aromatic carbocycles. The Morgan fingerprint density at radius 3 is 2.81 bits per heavy atom. The summed E-state index contributed by atoms with van der Waals surface area (Å²) in [6.07, 6.45) is 0.326. The van der Waals surface area contributed by atoms with Crippen LogP contribution in [0.4, 0.5) is 5.69 Å². The van der Waals surface area contributed by atoms with Crippen LogP contribution in [-0.2, 0) is 9.53 Å². The average Bonchev–Trinajstić information content (AvgIpc) is 2.29. The molecule has 16 heavy (non-hydrogen) atoms. The van der Waals surface area contributed by atoms with Gasteiger partial charge in [-0.1, -0.05) is 15.9 Å². The minimum atomic E-state index is -0.235. The number of carbonyl (C=O) groups excluding carboxylic acids is 1. The van der Waals surface area contributed by atoms with Gasteiger partial charge in [0, 0.05) is 11.0 Å². The van der Waals surface area contributed by atoms with Crippen LogP contribution >= 0.6 is 15.9 Å². The van der Waals surface area contributed by atoms with Crippen LogP contribution in [-0.4, -0.2) is 26.7 Å². The lowest BCUT2D eigenvalue weighted by atomic mass is 10.3. The molecule has 0 unspecified atom stereocenters. The standard InChI is InChI=1S/C11H14BrNO3/c1-15-10-4-3-8(12)7-9(10)13-6-5-11(14)16-2/h3-4,7,13H,5-6H2,1-2H3. The third-order valence-electron chi connectivity index (χ3n) is 2.03. The van der Waals surface area contributed by atoms with Gasteiger partial charge in [0.05, 0.1) is 26.3 Å². The maximum absolute atomic E-state index is 10.9. The summed E-state index contributed by atoms with van der Waals surface area (Å²) in [5.41, 5.74) is 0.848. The maximum atomic E-state index is 10.9. The van der Waals surface area contributed by atoms with E-state index in [9.17, 15) is 4.79 Å². The molecule has 0 atom stereocenters. The van der Waals surface area contributed by atoms with Crippen LogP contribution in [0.5, 0.6) is 5.75 Å². The zero-order valence-electron chi connectivity index (χ0n) is 9.25. The number of benzene rings is 1. The maximum Gasteiger partial charge on any atom is 0.307 e. The summed E-state index contributed by atoms with van der Waals surface area (Å²) in [7, 11) is 2.98. The van der Waals surface area contributed by atoms with Crippen molar-refractivity contribution in [3.63, 3.8) is 0 Å². The smallest absolute Gasteiger partial charge is 0.307 e. The number of carbonyl (C=O) groups is 1. The van der Waals surface area contributed by atoms with Gasteiger partial charge in [-0.25, -0.2) is 0 Å². The number of halogens is 1. The number of hydrogen-bond acceptors (Lipinski definition) is 4. The fraction of sp³-hybridized carbons (Fsp3) is 0.364. The molecule has 88 valence electrons. The van der Waals surface area contributed by atoms with Crippen molar-refractivity contribution in [1.29, 1.82) is 0 Å². The number of methoxy groups -OCH3 is 2. The summed E-state index contributed by atoms with van der Waals surface area (Å²) >= 11 is 3.37. The summed E-state index contributed by atoms with van der Waals surface area (Å²) in [6, 6.07) is 5.64. The van der Waals surface area contributed by atoms with E-state index in [2.05, 4.69) is 26.0 Å². The van der Waals surface area contributed by atoms with Crippen molar-refractivity contribution in [1.82, 2.24) is 0 Å². The van der Waals surface area contributed by atoms with Crippen LogP contribution in [0.3, 0.4) is 0 Å². The second kappa shape index (κ2) is 6.37. The molecule has 0 aliphatic rings. The zero-order chi connectivity index (χ0) is 12.0. The van der Waals surface area contributed by atoms with E-state index in [1.165, 1.54) is 7.11 Å². The molecule has 1 rings (SSSR count). The van der Waals surface area contributed by atoms with E-state index >= 15 is 0 Å². The van der Waals surface area contributed by atoms with Crippen LogP contribution in [0.15, 0.2) is 22.7 Å². The molecule has 0 aliphatic carbocycles. The van der Waals surface area contributed by atoms with Crippen molar-refractivity contribution in [2.75, 3.05) is 26.1 Å². The van der Waals surface area contributed by atoms with E-state index in [4.69, 9.17) is 4.74 Å². The van der Waals surface area contributed by atoms with E-state index in [0.29, 0.717) is 13.0 Å². The van der Waals surface area contributed by atoms with Crippen molar-refractivity contribution in [3.05, 3.63) is 22.7 Å². The van der Waals surface area contributed by atoms with E-state index in [1.807, 2.05) is 18.2 Å². The fourth-order valence-electron chi connectivity index (χ4n) is 1.22. The topological polar surface area (TPSA) is 47.6 Å². The average molecular weight is 288 g/mol. The van der Waals surface area contributed by atoms with Gasteiger partial charge in [0.15, 0.2) is 0 Å². The first-order valence-electron chi connectivity index (χ1n) is 4.81. The van der Waals surface area contributed by atoms with Gasteiger partial charge in [0.1, 0.15) is 5.75 Å². The minimum Gasteiger partial charge on any atom is -0.495 e. The molecule has 1 N–H and O–H groups in total. The largest absolute Gasteiger partial charge is 0.495 e. The third-order valence-corrected chi connectivity index (χ3v) is 2.53. The number of nitrogens with one attached hydrogen (secondary N) is 1. The first-order valence-corrected chi connectivity index (χ1v) is 5.61. The molecule has 0 bridgehead atoms. The molecule has 0 saturated carbocycles. The van der Waals surface area contributed by atoms with E-state index in [0.717, 1.165) is 15.9 Å². The summed E-state index contributed by atoms with van der Waals surface area (Å²) in [4.78, 5) is 10.9. The number of rotatable bonds is 5. The molecule has 0 amide bonds. The van der Waals surface area contributed by atoms with Crippen molar-refractivity contribution >= 4 is 27.6 Å². The molecule has 5 heteroatoms. The number of anilines is 1. The minimum absolute atomic E-state index is 0.235. The second-order valence-electron chi connectivity index (χ2n) is 3.10. The summed E-state index contributed by atoms with van der Waals surface area (Å²) in [5, 5.41) is 3.11. The summed E-state index contributed by atoms with van der Waals surface area (Å²) in [5.74, 6) is 0.509. The van der Waals surface area contributed by atoms with E-state index in [1.54, 1.807) is 7.11 Å². The fourth-order valence-corrected chi connectivity index (χ4v) is 1.58. The Bertz CT molecular complexity index is 368. The van der Waals surface area contributed by atoms with Gasteiger partial charge < -0.3 is 14.8 Å². The van der Waals surface area contributed by atoms with Crippen LogP contribution in [0.25, 0.3) is 0 Å². The SMILES string of the molecule is COC(=O)CCNc1cc(Br)ccc1OC. The predicted octanol–water partition coefficient (Wildman–Crippen LogP) is 2.43. The number of hydrogen-bond donors (Lipinski definition) is 1. The lowest BCUT2D eigenvalue weighted by Crippen LogP contribution is -2.10. The first-order chi connectivity index (χ1) is 7.67. The Morgan fingerprint density at radius 1 is 1.44 bits per heavy atom. The molecule has 0 aliphatic heterocycles. The highest BCUT2D eigenvalue weighted by molar-refractivity contribution is 9.10. The molecule has 0 heterocycles. The Hall–Kier alpha value is -1.23. The quantitative estimate of drug-likeness (QED) is 0.845. The highest BCUT2D eigenvalue weighted by Gasteiger charge is 2.04. The lowest BCUT2D eigenvalue weighted by Gasteiger charge is -2.10. The summed E-state index contributed by atoms with van der Waals surface area (Å²) in [6.45, 7) is 0.513. The van der Waals surface area contributed by atoms with Crippen molar-refractivity contribution in [2.24, 2.45) is 0 Å². The molecular weight excluding hydrogens is 274 g/mol. The lowest BCUT2D eigenvalue weighted by molar-refractivity contribution is -0.140. The molecule has 0 aromatic heterocycles. The van der Waals surface area contributed by atoms with Gasteiger partial charge in [-0.05, 0) is 18.2 Å². The Labute approximate surface area is 103 Å². The van der Waals surface area contributed by atoms with Gasteiger partial charge in [-0.2, -0.15) is 0 Å². The Balaban J connectivity index is 2.58. The molecule has 0 radical (unpaired) electrons. The molecule has 1 aromatic rings. The second-order valence-corrected chi connectivity index (χ2v) is 4.01. The van der Waals surface area contributed by atoms with Crippen LogP contribution in [0.1, 0.15) is 6.42 Å².